The van der Waals surface area contributed by atoms with Crippen LogP contribution in [0.4, 0.5) is 0 Å². The Labute approximate surface area is 91.5 Å². The Balaban J connectivity index is 1.67. The summed E-state index contributed by atoms with van der Waals surface area (Å²) in [5.74, 6) is 0. The lowest BCUT2D eigenvalue weighted by atomic mass is 10.2. The van der Waals surface area contributed by atoms with Gasteiger partial charge < -0.3 is 10.2 Å². The average Bonchev–Trinajstić information content (AvgIpc) is 2.66. The Hall–Kier alpha value is -0.930. The van der Waals surface area contributed by atoms with Crippen LogP contribution in [0.5, 0.6) is 0 Å². The van der Waals surface area contributed by atoms with Crippen molar-refractivity contribution in [2.24, 2.45) is 0 Å². The molecule has 0 aromatic carbocycles. The zero-order valence-electron chi connectivity index (χ0n) is 9.32. The normalized spacial score (nSPS) is 22.1. The first-order valence-electron chi connectivity index (χ1n) is 5.65. The molecule has 1 unspecified atom stereocenters. The summed E-state index contributed by atoms with van der Waals surface area (Å²) >= 11 is 0. The van der Waals surface area contributed by atoms with E-state index in [0.29, 0.717) is 6.04 Å². The number of aromatic nitrogens is 1. The van der Waals surface area contributed by atoms with E-state index >= 15 is 0 Å². The number of hydrogen-bond donors (Lipinski definition) is 1. The summed E-state index contributed by atoms with van der Waals surface area (Å²) in [7, 11) is 2.18. The third kappa shape index (κ3) is 3.29. The van der Waals surface area contributed by atoms with Crippen LogP contribution in [0.25, 0.3) is 0 Å². The van der Waals surface area contributed by atoms with Crippen LogP contribution >= 0.6 is 0 Å². The molecular formula is C12H19N3. The van der Waals surface area contributed by atoms with Gasteiger partial charge in [0.05, 0.1) is 0 Å². The van der Waals surface area contributed by atoms with Crippen molar-refractivity contribution in [3.8, 4) is 0 Å². The molecule has 2 heterocycles. The molecular weight excluding hydrogens is 186 g/mol. The third-order valence-electron chi connectivity index (χ3n) is 2.96. The highest BCUT2D eigenvalue weighted by Crippen LogP contribution is 2.06. The first-order valence-corrected chi connectivity index (χ1v) is 5.65. The summed E-state index contributed by atoms with van der Waals surface area (Å²) in [5, 5.41) is 3.59. The standard InChI is InChI=1S/C12H19N3/c1-15-8-5-12(10-15)14-7-4-11-3-2-6-13-9-11/h2-3,6,9,12,14H,4-5,7-8,10H2,1H3. The van der Waals surface area contributed by atoms with Crippen molar-refractivity contribution < 1.29 is 0 Å². The quantitative estimate of drug-likeness (QED) is 0.792. The molecule has 0 spiro atoms. The SMILES string of the molecule is CN1CCC(NCCc2cccnc2)C1. The minimum Gasteiger partial charge on any atom is -0.312 e. The third-order valence-corrected chi connectivity index (χ3v) is 2.96. The lowest BCUT2D eigenvalue weighted by Crippen LogP contribution is -2.32. The molecule has 3 heteroatoms. The monoisotopic (exact) mass is 205 g/mol. The molecule has 0 bridgehead atoms. The van der Waals surface area contributed by atoms with E-state index in [4.69, 9.17) is 0 Å². The number of hydrogen-bond acceptors (Lipinski definition) is 3. The molecule has 1 fully saturated rings. The smallest absolute Gasteiger partial charge is 0.0300 e. The Bertz CT molecular complexity index is 286. The number of nitrogens with zero attached hydrogens (tertiary/aromatic N) is 2. The lowest BCUT2D eigenvalue weighted by molar-refractivity contribution is 0.398. The van der Waals surface area contributed by atoms with Gasteiger partial charge in [-0.2, -0.15) is 0 Å². The van der Waals surface area contributed by atoms with Gasteiger partial charge in [0.25, 0.3) is 0 Å². The van der Waals surface area contributed by atoms with Crippen LogP contribution in [0.1, 0.15) is 12.0 Å². The molecule has 0 amide bonds. The van der Waals surface area contributed by atoms with Crippen molar-refractivity contribution in [1.82, 2.24) is 15.2 Å². The van der Waals surface area contributed by atoms with Crippen LogP contribution in [0.15, 0.2) is 24.5 Å². The fourth-order valence-corrected chi connectivity index (χ4v) is 2.07. The fourth-order valence-electron chi connectivity index (χ4n) is 2.07. The second-order valence-corrected chi connectivity index (χ2v) is 4.31. The van der Waals surface area contributed by atoms with Crippen LogP contribution < -0.4 is 5.32 Å². The van der Waals surface area contributed by atoms with Crippen LogP contribution in [-0.4, -0.2) is 42.6 Å². The maximum absolute atomic E-state index is 4.11. The van der Waals surface area contributed by atoms with E-state index < -0.39 is 0 Å². The van der Waals surface area contributed by atoms with Gasteiger partial charge in [0.2, 0.25) is 0 Å². The van der Waals surface area contributed by atoms with E-state index in [0.717, 1.165) is 13.0 Å². The van der Waals surface area contributed by atoms with Crippen LogP contribution in [-0.2, 0) is 6.42 Å². The van der Waals surface area contributed by atoms with E-state index in [2.05, 4.69) is 28.3 Å². The maximum Gasteiger partial charge on any atom is 0.0300 e. The van der Waals surface area contributed by atoms with Crippen molar-refractivity contribution in [3.63, 3.8) is 0 Å². The molecule has 0 radical (unpaired) electrons. The van der Waals surface area contributed by atoms with Gasteiger partial charge in [-0.3, -0.25) is 4.98 Å². The summed E-state index contributed by atoms with van der Waals surface area (Å²) < 4.78 is 0. The molecule has 82 valence electrons. The molecule has 2 rings (SSSR count). The number of rotatable bonds is 4. The number of pyridine rings is 1. The second-order valence-electron chi connectivity index (χ2n) is 4.31. The van der Waals surface area contributed by atoms with Gasteiger partial charge >= 0.3 is 0 Å². The van der Waals surface area contributed by atoms with E-state index in [9.17, 15) is 0 Å². The van der Waals surface area contributed by atoms with Gasteiger partial charge in [-0.25, -0.2) is 0 Å². The molecule has 1 aliphatic rings. The molecule has 1 saturated heterocycles. The molecule has 0 saturated carbocycles. The molecule has 15 heavy (non-hydrogen) atoms. The van der Waals surface area contributed by atoms with Gasteiger partial charge in [0, 0.05) is 25.0 Å². The number of nitrogens with one attached hydrogen (secondary N) is 1. The Morgan fingerprint density at radius 1 is 1.60 bits per heavy atom. The molecule has 1 aliphatic heterocycles. The lowest BCUT2D eigenvalue weighted by Gasteiger charge is -2.12. The van der Waals surface area contributed by atoms with E-state index in [-0.39, 0.29) is 0 Å². The van der Waals surface area contributed by atoms with Crippen molar-refractivity contribution in [2.45, 2.75) is 18.9 Å². The Morgan fingerprint density at radius 2 is 2.53 bits per heavy atom. The highest BCUT2D eigenvalue weighted by Gasteiger charge is 2.17. The molecule has 0 aliphatic carbocycles. The van der Waals surface area contributed by atoms with Crippen LogP contribution in [0.3, 0.4) is 0 Å². The van der Waals surface area contributed by atoms with E-state index in [1.54, 1.807) is 0 Å². The predicted molar refractivity (Wildman–Crippen MR) is 61.8 cm³/mol. The van der Waals surface area contributed by atoms with E-state index in [1.165, 1.54) is 25.1 Å². The predicted octanol–water partition coefficient (Wildman–Crippen LogP) is 0.918. The van der Waals surface area contributed by atoms with Crippen LogP contribution in [0, 0.1) is 0 Å². The van der Waals surface area contributed by atoms with Gasteiger partial charge in [-0.15, -0.1) is 0 Å². The minimum absolute atomic E-state index is 0.687. The number of likely N-dealkylation sites (tertiary alicyclic amines) is 1. The second kappa shape index (κ2) is 5.24. The zero-order chi connectivity index (χ0) is 10.5. The van der Waals surface area contributed by atoms with Crippen molar-refractivity contribution in [3.05, 3.63) is 30.1 Å². The summed E-state index contributed by atoms with van der Waals surface area (Å²) in [6, 6.07) is 4.82. The van der Waals surface area contributed by atoms with Gasteiger partial charge in [0.15, 0.2) is 0 Å². The molecule has 1 aromatic rings. The summed E-state index contributed by atoms with van der Waals surface area (Å²) in [6.45, 7) is 3.47. The van der Waals surface area contributed by atoms with Gasteiger partial charge in [0.1, 0.15) is 0 Å². The fraction of sp³-hybridized carbons (Fsp3) is 0.583. The molecule has 1 atom stereocenters. The molecule has 1 N–H and O–H groups in total. The van der Waals surface area contributed by atoms with Gasteiger partial charge in [-0.05, 0) is 44.6 Å². The van der Waals surface area contributed by atoms with Crippen molar-refractivity contribution in [2.75, 3.05) is 26.7 Å². The summed E-state index contributed by atoms with van der Waals surface area (Å²) in [6.07, 6.45) is 6.13. The zero-order valence-corrected chi connectivity index (χ0v) is 9.32. The highest BCUT2D eigenvalue weighted by molar-refractivity contribution is 5.08. The Morgan fingerprint density at radius 3 is 3.20 bits per heavy atom. The minimum atomic E-state index is 0.687. The van der Waals surface area contributed by atoms with E-state index in [1.807, 2.05) is 18.5 Å². The first kappa shape index (κ1) is 10.6. The molecule has 1 aromatic heterocycles. The van der Waals surface area contributed by atoms with Crippen molar-refractivity contribution in [1.29, 1.82) is 0 Å². The van der Waals surface area contributed by atoms with Gasteiger partial charge in [-0.1, -0.05) is 6.07 Å². The van der Waals surface area contributed by atoms with Crippen molar-refractivity contribution >= 4 is 0 Å². The largest absolute Gasteiger partial charge is 0.312 e. The Kier molecular flexibility index (Phi) is 3.69. The highest BCUT2D eigenvalue weighted by atomic mass is 15.2. The van der Waals surface area contributed by atoms with Crippen LogP contribution in [0.2, 0.25) is 0 Å². The summed E-state index contributed by atoms with van der Waals surface area (Å²) in [4.78, 5) is 6.49. The summed E-state index contributed by atoms with van der Waals surface area (Å²) in [5.41, 5.74) is 1.32. The first-order chi connectivity index (χ1) is 7.34. The maximum atomic E-state index is 4.11. The average molecular weight is 205 g/mol. The topological polar surface area (TPSA) is 28.2 Å². The number of likely N-dealkylation sites (N-methyl/N-ethyl adjacent to an activating group) is 1. The molecule has 3 nitrogen and oxygen atoms in total.